The first-order valence-corrected chi connectivity index (χ1v) is 6.42. The molecule has 106 valence electrons. The molecule has 1 aliphatic rings. The van der Waals surface area contributed by atoms with Crippen molar-refractivity contribution in [3.05, 3.63) is 12.7 Å². The predicted octanol–water partition coefficient (Wildman–Crippen LogP) is 1.34. The number of halogens is 1. The summed E-state index contributed by atoms with van der Waals surface area (Å²) in [6.07, 6.45) is 6.46. The Morgan fingerprint density at radius 3 is 2.78 bits per heavy atom. The monoisotopic (exact) mass is 276 g/mol. The minimum Gasteiger partial charge on any atom is -0.392 e. The van der Waals surface area contributed by atoms with Crippen molar-refractivity contribution in [2.24, 2.45) is 0 Å². The van der Waals surface area contributed by atoms with E-state index in [1.54, 1.807) is 4.90 Å². The van der Waals surface area contributed by atoms with E-state index in [4.69, 9.17) is 0 Å². The summed E-state index contributed by atoms with van der Waals surface area (Å²) >= 11 is 0. The predicted molar refractivity (Wildman–Crippen MR) is 76.0 cm³/mol. The second-order valence-electron chi connectivity index (χ2n) is 4.75. The van der Waals surface area contributed by atoms with E-state index in [2.05, 4.69) is 11.9 Å². The van der Waals surface area contributed by atoms with Crippen molar-refractivity contribution < 1.29 is 9.90 Å². The van der Waals surface area contributed by atoms with Crippen molar-refractivity contribution in [2.75, 3.05) is 20.1 Å². The third kappa shape index (κ3) is 5.85. The second kappa shape index (κ2) is 9.36. The fourth-order valence-electron chi connectivity index (χ4n) is 2.10. The normalized spacial score (nSPS) is 22.3. The zero-order valence-corrected chi connectivity index (χ0v) is 11.9. The van der Waals surface area contributed by atoms with Crippen molar-refractivity contribution in [1.82, 2.24) is 10.2 Å². The van der Waals surface area contributed by atoms with Crippen LogP contribution in [0.15, 0.2) is 12.7 Å². The number of hydrogen-bond acceptors (Lipinski definition) is 3. The number of aliphatic hydroxyl groups is 1. The molecular weight excluding hydrogens is 252 g/mol. The number of unbranched alkanes of at least 4 members (excludes halogenated alkanes) is 3. The van der Waals surface area contributed by atoms with Crippen LogP contribution in [0.2, 0.25) is 0 Å². The van der Waals surface area contributed by atoms with Crippen molar-refractivity contribution in [3.8, 4) is 0 Å². The molecule has 1 heterocycles. The van der Waals surface area contributed by atoms with Gasteiger partial charge in [-0.2, -0.15) is 0 Å². The summed E-state index contributed by atoms with van der Waals surface area (Å²) in [6, 6.07) is -0.192. The molecule has 1 saturated heterocycles. The van der Waals surface area contributed by atoms with Crippen molar-refractivity contribution in [3.63, 3.8) is 0 Å². The Bertz CT molecular complexity index is 261. The van der Waals surface area contributed by atoms with Gasteiger partial charge in [-0.05, 0) is 25.7 Å². The molecule has 0 spiro atoms. The van der Waals surface area contributed by atoms with Gasteiger partial charge in [0.15, 0.2) is 0 Å². The third-order valence-corrected chi connectivity index (χ3v) is 3.18. The molecule has 0 saturated carbocycles. The number of allylic oxidation sites excluding steroid dienone is 1. The Morgan fingerprint density at radius 1 is 1.50 bits per heavy atom. The van der Waals surface area contributed by atoms with Gasteiger partial charge in [-0.3, -0.25) is 4.79 Å². The van der Waals surface area contributed by atoms with Crippen molar-refractivity contribution >= 4 is 18.3 Å². The highest BCUT2D eigenvalue weighted by Crippen LogP contribution is 2.09. The number of amides is 1. The number of aliphatic hydroxyl groups excluding tert-OH is 1. The van der Waals surface area contributed by atoms with E-state index in [0.717, 1.165) is 32.2 Å². The maximum absolute atomic E-state index is 11.9. The van der Waals surface area contributed by atoms with Gasteiger partial charge < -0.3 is 15.3 Å². The number of carbonyl (C=O) groups excluding carboxylic acids is 1. The van der Waals surface area contributed by atoms with Crippen LogP contribution in [0, 0.1) is 0 Å². The number of nitrogens with zero attached hydrogens (tertiary/aromatic N) is 1. The van der Waals surface area contributed by atoms with Crippen LogP contribution in [0.25, 0.3) is 0 Å². The summed E-state index contributed by atoms with van der Waals surface area (Å²) in [4.78, 5) is 13.7. The summed E-state index contributed by atoms with van der Waals surface area (Å²) in [7, 11) is 1.84. The molecule has 0 aromatic rings. The Labute approximate surface area is 116 Å². The Morgan fingerprint density at radius 2 is 2.22 bits per heavy atom. The molecule has 2 atom stereocenters. The standard InChI is InChI=1S/C13H24N2O2.ClH/c1-3-4-5-6-7-8-15(2)13(17)12-9-11(16)10-14-12;/h3,11-12,14,16H,1,4-10H2,2H3;1H. The van der Waals surface area contributed by atoms with Gasteiger partial charge in [0.2, 0.25) is 5.91 Å². The van der Waals surface area contributed by atoms with Gasteiger partial charge in [0.25, 0.3) is 0 Å². The Balaban J connectivity index is 0.00000289. The molecule has 5 heteroatoms. The number of hydrogen-bond donors (Lipinski definition) is 2. The number of likely N-dealkylation sites (N-methyl/N-ethyl adjacent to an activating group) is 1. The lowest BCUT2D eigenvalue weighted by molar-refractivity contribution is -0.132. The quantitative estimate of drug-likeness (QED) is 0.545. The minimum absolute atomic E-state index is 0. The lowest BCUT2D eigenvalue weighted by Gasteiger charge is -2.21. The van der Waals surface area contributed by atoms with Crippen LogP contribution < -0.4 is 5.32 Å². The molecule has 0 radical (unpaired) electrons. The molecule has 1 amide bonds. The van der Waals surface area contributed by atoms with Gasteiger partial charge in [0, 0.05) is 20.1 Å². The molecule has 0 aromatic carbocycles. The third-order valence-electron chi connectivity index (χ3n) is 3.18. The van der Waals surface area contributed by atoms with Gasteiger partial charge in [-0.25, -0.2) is 0 Å². The number of rotatable bonds is 7. The SMILES string of the molecule is C=CCCCCCN(C)C(=O)C1CC(O)CN1.Cl. The summed E-state index contributed by atoms with van der Waals surface area (Å²) in [6.45, 7) is 5.01. The van der Waals surface area contributed by atoms with Crippen LogP contribution in [-0.4, -0.2) is 48.2 Å². The molecule has 1 aliphatic heterocycles. The van der Waals surface area contributed by atoms with E-state index >= 15 is 0 Å². The van der Waals surface area contributed by atoms with E-state index in [-0.39, 0.29) is 30.5 Å². The zero-order chi connectivity index (χ0) is 12.7. The number of nitrogens with one attached hydrogen (secondary N) is 1. The highest BCUT2D eigenvalue weighted by Gasteiger charge is 2.29. The van der Waals surface area contributed by atoms with Gasteiger partial charge in [0.1, 0.15) is 0 Å². The highest BCUT2D eigenvalue weighted by molar-refractivity contribution is 5.85. The van der Waals surface area contributed by atoms with Crippen molar-refractivity contribution in [2.45, 2.75) is 44.2 Å². The summed E-state index contributed by atoms with van der Waals surface area (Å²) in [5.74, 6) is 0.102. The highest BCUT2D eigenvalue weighted by atomic mass is 35.5. The zero-order valence-electron chi connectivity index (χ0n) is 11.1. The van der Waals surface area contributed by atoms with Crippen LogP contribution in [0.4, 0.5) is 0 Å². The fourth-order valence-corrected chi connectivity index (χ4v) is 2.10. The van der Waals surface area contributed by atoms with E-state index in [9.17, 15) is 9.90 Å². The lowest BCUT2D eigenvalue weighted by Crippen LogP contribution is -2.41. The maximum atomic E-state index is 11.9. The smallest absolute Gasteiger partial charge is 0.239 e. The van der Waals surface area contributed by atoms with Gasteiger partial charge in [0.05, 0.1) is 12.1 Å². The van der Waals surface area contributed by atoms with Gasteiger partial charge >= 0.3 is 0 Å². The van der Waals surface area contributed by atoms with Crippen LogP contribution in [0.3, 0.4) is 0 Å². The van der Waals surface area contributed by atoms with Crippen LogP contribution in [0.5, 0.6) is 0 Å². The molecule has 0 bridgehead atoms. The first-order valence-electron chi connectivity index (χ1n) is 6.42. The van der Waals surface area contributed by atoms with E-state index in [0.29, 0.717) is 13.0 Å². The topological polar surface area (TPSA) is 52.6 Å². The Kier molecular flexibility index (Phi) is 9.06. The molecule has 1 rings (SSSR count). The van der Waals surface area contributed by atoms with Crippen molar-refractivity contribution in [1.29, 1.82) is 0 Å². The molecule has 0 aliphatic carbocycles. The van der Waals surface area contributed by atoms with Crippen LogP contribution in [-0.2, 0) is 4.79 Å². The average molecular weight is 277 g/mol. The summed E-state index contributed by atoms with van der Waals surface area (Å²) in [5.41, 5.74) is 0. The Hall–Kier alpha value is -0.580. The number of carbonyl (C=O) groups is 1. The molecule has 1 fully saturated rings. The first-order chi connectivity index (χ1) is 8.15. The first kappa shape index (κ1) is 17.4. The number of β-amino-alcohol motifs (C(OH)–C–C–N with tert-alkyl or cyclic N) is 1. The minimum atomic E-state index is -0.370. The van der Waals surface area contributed by atoms with Gasteiger partial charge in [-0.15, -0.1) is 19.0 Å². The fraction of sp³-hybridized carbons (Fsp3) is 0.769. The van der Waals surface area contributed by atoms with Gasteiger partial charge in [-0.1, -0.05) is 12.5 Å². The van der Waals surface area contributed by atoms with E-state index in [1.165, 1.54) is 0 Å². The molecule has 0 aromatic heterocycles. The van der Waals surface area contributed by atoms with E-state index in [1.807, 2.05) is 13.1 Å². The largest absolute Gasteiger partial charge is 0.392 e. The lowest BCUT2D eigenvalue weighted by atomic mass is 10.1. The van der Waals surface area contributed by atoms with Crippen LogP contribution in [0.1, 0.15) is 32.1 Å². The van der Waals surface area contributed by atoms with E-state index < -0.39 is 0 Å². The summed E-state index contributed by atoms with van der Waals surface area (Å²) < 4.78 is 0. The maximum Gasteiger partial charge on any atom is 0.239 e. The average Bonchev–Trinajstić information content (AvgIpc) is 2.74. The molecular formula is C13H25ClN2O2. The molecule has 4 nitrogen and oxygen atoms in total. The molecule has 2 N–H and O–H groups in total. The van der Waals surface area contributed by atoms with Crippen LogP contribution >= 0.6 is 12.4 Å². The molecule has 18 heavy (non-hydrogen) atoms. The second-order valence-corrected chi connectivity index (χ2v) is 4.75. The molecule has 2 unspecified atom stereocenters. The summed E-state index contributed by atoms with van der Waals surface area (Å²) in [5, 5.41) is 12.4.